The fraction of sp³-hybridized carbons (Fsp3) is 0.417. The molecule has 1 fully saturated rings. The molecule has 5 heteroatoms. The van der Waals surface area contributed by atoms with Crippen molar-refractivity contribution in [1.29, 1.82) is 0 Å². The second-order valence-corrected chi connectivity index (χ2v) is 9.27. The fourth-order valence-corrected chi connectivity index (χ4v) is 5.40. The Kier molecular flexibility index (Phi) is 6.57. The van der Waals surface area contributed by atoms with Crippen LogP contribution in [0, 0.1) is 44.2 Å². The van der Waals surface area contributed by atoms with Gasteiger partial charge in [0.15, 0.2) is 0 Å². The van der Waals surface area contributed by atoms with E-state index in [0.717, 1.165) is 28.3 Å². The van der Waals surface area contributed by atoms with Crippen molar-refractivity contribution in [3.05, 3.63) is 64.2 Å². The lowest BCUT2D eigenvalue weighted by atomic mass is 9.71. The van der Waals surface area contributed by atoms with Gasteiger partial charge in [-0.1, -0.05) is 24.6 Å². The van der Waals surface area contributed by atoms with Crippen LogP contribution in [0.1, 0.15) is 47.9 Å². The molecule has 2 aromatic rings. The van der Waals surface area contributed by atoms with Crippen LogP contribution in [0.25, 0.3) is 0 Å². The average Bonchev–Trinajstić information content (AvgIpc) is 2.62. The first kappa shape index (κ1) is 21.7. The van der Waals surface area contributed by atoms with E-state index >= 15 is 0 Å². The van der Waals surface area contributed by atoms with Gasteiger partial charge in [-0.2, -0.15) is 0 Å². The van der Waals surface area contributed by atoms with Crippen molar-refractivity contribution in [2.75, 3.05) is 5.75 Å². The summed E-state index contributed by atoms with van der Waals surface area (Å²) in [5, 5.41) is 0. The van der Waals surface area contributed by atoms with Gasteiger partial charge in [-0.3, -0.25) is 9.59 Å². The Hall–Kier alpha value is -2.01. The van der Waals surface area contributed by atoms with Gasteiger partial charge in [0.05, 0.1) is 0 Å². The molecule has 2 nitrogen and oxygen atoms in total. The van der Waals surface area contributed by atoms with Gasteiger partial charge in [0, 0.05) is 29.6 Å². The lowest BCUT2D eigenvalue weighted by molar-refractivity contribution is -0.134. The Morgan fingerprint density at radius 2 is 1.59 bits per heavy atom. The Bertz CT molecular complexity index is 913. The van der Waals surface area contributed by atoms with E-state index in [9.17, 15) is 18.4 Å². The SMILES string of the molecule is Cc1cc(C)c(C2C(=O)CC(C(C)CSc3ccc(F)cc3F)CC2=O)c(C)c1. The molecule has 0 aliphatic heterocycles. The van der Waals surface area contributed by atoms with Gasteiger partial charge >= 0.3 is 0 Å². The topological polar surface area (TPSA) is 34.1 Å². The molecule has 1 aliphatic carbocycles. The van der Waals surface area contributed by atoms with E-state index < -0.39 is 17.6 Å². The van der Waals surface area contributed by atoms with Crippen LogP contribution in [0.15, 0.2) is 35.2 Å². The molecule has 3 rings (SSSR count). The molecular formula is C24H26F2O2S. The molecular weight excluding hydrogens is 390 g/mol. The minimum absolute atomic E-state index is 0.0221. The van der Waals surface area contributed by atoms with Crippen LogP contribution in [0.3, 0.4) is 0 Å². The Labute approximate surface area is 175 Å². The van der Waals surface area contributed by atoms with Crippen molar-refractivity contribution in [3.63, 3.8) is 0 Å². The average molecular weight is 417 g/mol. The molecule has 0 amide bonds. The van der Waals surface area contributed by atoms with Crippen LogP contribution in [0.5, 0.6) is 0 Å². The van der Waals surface area contributed by atoms with Crippen LogP contribution in [0.2, 0.25) is 0 Å². The highest BCUT2D eigenvalue weighted by Gasteiger charge is 2.39. The molecule has 2 aromatic carbocycles. The molecule has 1 atom stereocenters. The maximum absolute atomic E-state index is 13.8. The van der Waals surface area contributed by atoms with Gasteiger partial charge in [-0.25, -0.2) is 8.78 Å². The van der Waals surface area contributed by atoms with Gasteiger partial charge < -0.3 is 0 Å². The maximum Gasteiger partial charge on any atom is 0.148 e. The van der Waals surface area contributed by atoms with Crippen LogP contribution < -0.4 is 0 Å². The predicted octanol–water partition coefficient (Wildman–Crippen LogP) is 5.95. The Morgan fingerprint density at radius 3 is 2.14 bits per heavy atom. The maximum atomic E-state index is 13.8. The summed E-state index contributed by atoms with van der Waals surface area (Å²) in [6.07, 6.45) is 0.716. The standard InChI is InChI=1S/C24H26F2O2S/c1-13-7-14(2)23(15(3)8-13)24-20(27)9-17(10-21(24)28)16(4)12-29-22-6-5-18(25)11-19(22)26/h5-8,11,16-17,24H,9-10,12H2,1-4H3. The van der Waals surface area contributed by atoms with Crippen molar-refractivity contribution in [2.24, 2.45) is 11.8 Å². The van der Waals surface area contributed by atoms with Gasteiger partial charge in [0.25, 0.3) is 0 Å². The quantitative estimate of drug-likeness (QED) is 0.446. The summed E-state index contributed by atoms with van der Waals surface area (Å²) in [6.45, 7) is 7.91. The third kappa shape index (κ3) is 4.77. The molecule has 0 bridgehead atoms. The number of benzene rings is 2. The first-order chi connectivity index (χ1) is 13.7. The summed E-state index contributed by atoms with van der Waals surface area (Å²) < 4.78 is 26.9. The van der Waals surface area contributed by atoms with Crippen molar-refractivity contribution < 1.29 is 18.4 Å². The third-order valence-corrected chi connectivity index (χ3v) is 7.13. The summed E-state index contributed by atoms with van der Waals surface area (Å²) in [5.74, 6) is -1.30. The van der Waals surface area contributed by atoms with E-state index in [2.05, 4.69) is 0 Å². The zero-order valence-corrected chi connectivity index (χ0v) is 18.0. The summed E-state index contributed by atoms with van der Waals surface area (Å²) in [7, 11) is 0. The van der Waals surface area contributed by atoms with Gasteiger partial charge in [0.2, 0.25) is 0 Å². The molecule has 0 heterocycles. The van der Waals surface area contributed by atoms with Crippen molar-refractivity contribution >= 4 is 23.3 Å². The minimum atomic E-state index is -0.666. The van der Waals surface area contributed by atoms with Gasteiger partial charge in [-0.05, 0) is 61.4 Å². The number of thioether (sulfide) groups is 1. The van der Waals surface area contributed by atoms with Gasteiger partial charge in [0.1, 0.15) is 29.1 Å². The predicted molar refractivity (Wildman–Crippen MR) is 112 cm³/mol. The van der Waals surface area contributed by atoms with Crippen molar-refractivity contribution in [2.45, 2.75) is 51.3 Å². The Balaban J connectivity index is 1.69. The Morgan fingerprint density at radius 1 is 1.00 bits per heavy atom. The van der Waals surface area contributed by atoms with Crippen LogP contribution in [0.4, 0.5) is 8.78 Å². The smallest absolute Gasteiger partial charge is 0.148 e. The van der Waals surface area contributed by atoms with Crippen LogP contribution >= 0.6 is 11.8 Å². The summed E-state index contributed by atoms with van der Waals surface area (Å²) in [4.78, 5) is 26.3. The number of rotatable bonds is 5. The number of Topliss-reactive ketones (excluding diaryl/α,β-unsaturated/α-hetero) is 2. The van der Waals surface area contributed by atoms with E-state index in [-0.39, 0.29) is 23.4 Å². The largest absolute Gasteiger partial charge is 0.299 e. The molecule has 0 N–H and O–H groups in total. The molecule has 0 aromatic heterocycles. The number of halogens is 2. The first-order valence-corrected chi connectivity index (χ1v) is 10.9. The highest BCUT2D eigenvalue weighted by molar-refractivity contribution is 7.99. The van der Waals surface area contributed by atoms with Crippen LogP contribution in [-0.4, -0.2) is 17.3 Å². The number of hydrogen-bond donors (Lipinski definition) is 0. The summed E-state index contributed by atoms with van der Waals surface area (Å²) >= 11 is 1.30. The normalized spacial score (nSPS) is 20.8. The zero-order chi connectivity index (χ0) is 21.3. The highest BCUT2D eigenvalue weighted by Crippen LogP contribution is 2.38. The highest BCUT2D eigenvalue weighted by atomic mass is 32.2. The number of hydrogen-bond acceptors (Lipinski definition) is 3. The van der Waals surface area contributed by atoms with Crippen LogP contribution in [-0.2, 0) is 9.59 Å². The van der Waals surface area contributed by atoms with E-state index in [1.54, 1.807) is 0 Å². The number of aryl methyl sites for hydroxylation is 3. The second-order valence-electron chi connectivity index (χ2n) is 8.21. The molecule has 1 aliphatic rings. The molecule has 0 radical (unpaired) electrons. The molecule has 154 valence electrons. The van der Waals surface area contributed by atoms with Gasteiger partial charge in [-0.15, -0.1) is 11.8 Å². The minimum Gasteiger partial charge on any atom is -0.299 e. The number of carbonyl (C=O) groups excluding carboxylic acids is 2. The van der Waals surface area contributed by atoms with E-state index in [0.29, 0.717) is 23.5 Å². The van der Waals surface area contributed by atoms with E-state index in [1.165, 1.54) is 23.9 Å². The number of ketones is 2. The lowest BCUT2D eigenvalue weighted by Gasteiger charge is -2.31. The molecule has 0 spiro atoms. The zero-order valence-electron chi connectivity index (χ0n) is 17.2. The molecule has 29 heavy (non-hydrogen) atoms. The van der Waals surface area contributed by atoms with E-state index in [1.807, 2.05) is 39.8 Å². The third-order valence-electron chi connectivity index (χ3n) is 5.80. The van der Waals surface area contributed by atoms with Crippen molar-refractivity contribution in [3.8, 4) is 0 Å². The van der Waals surface area contributed by atoms with E-state index in [4.69, 9.17) is 0 Å². The fourth-order valence-electron chi connectivity index (χ4n) is 4.32. The summed E-state index contributed by atoms with van der Waals surface area (Å²) in [5.41, 5.74) is 3.96. The monoisotopic (exact) mass is 416 g/mol. The molecule has 0 saturated heterocycles. The molecule has 1 unspecified atom stereocenters. The number of carbonyl (C=O) groups is 2. The summed E-state index contributed by atoms with van der Waals surface area (Å²) in [6, 6.07) is 7.58. The lowest BCUT2D eigenvalue weighted by Crippen LogP contribution is -2.35. The first-order valence-electron chi connectivity index (χ1n) is 9.88. The molecule has 1 saturated carbocycles. The van der Waals surface area contributed by atoms with Crippen molar-refractivity contribution in [1.82, 2.24) is 0 Å². The second kappa shape index (κ2) is 8.78.